The van der Waals surface area contributed by atoms with Gasteiger partial charge >= 0.3 is 0 Å². The molecule has 0 saturated heterocycles. The lowest BCUT2D eigenvalue weighted by Gasteiger charge is -2.26. The minimum Gasteiger partial charge on any atom is -0.395 e. The smallest absolute Gasteiger partial charge is 0.0606 e. The van der Waals surface area contributed by atoms with Gasteiger partial charge < -0.3 is 10.0 Å². The number of aliphatic hydroxyl groups is 1. The van der Waals surface area contributed by atoms with Crippen molar-refractivity contribution in [2.24, 2.45) is 5.11 Å². The summed E-state index contributed by atoms with van der Waals surface area (Å²) in [6.07, 6.45) is 3.96. The van der Waals surface area contributed by atoms with Crippen LogP contribution in [0.3, 0.4) is 0 Å². The van der Waals surface area contributed by atoms with Crippen LogP contribution in [-0.2, 0) is 6.54 Å². The highest BCUT2D eigenvalue weighted by molar-refractivity contribution is 5.97. The molecule has 0 saturated carbocycles. The number of hydrogen-bond donors (Lipinski definition) is 1. The van der Waals surface area contributed by atoms with Crippen LogP contribution in [0, 0.1) is 0 Å². The Morgan fingerprint density at radius 1 is 1.30 bits per heavy atom. The summed E-state index contributed by atoms with van der Waals surface area (Å²) in [7, 11) is 0. The van der Waals surface area contributed by atoms with Gasteiger partial charge in [0.05, 0.1) is 6.61 Å². The maximum absolute atomic E-state index is 9.06. The largest absolute Gasteiger partial charge is 0.395 e. The second-order valence-corrected chi connectivity index (χ2v) is 4.71. The van der Waals surface area contributed by atoms with E-state index in [4.69, 9.17) is 10.6 Å². The van der Waals surface area contributed by atoms with Crippen molar-refractivity contribution in [2.75, 3.05) is 13.2 Å². The summed E-state index contributed by atoms with van der Waals surface area (Å²) >= 11 is 0. The lowest BCUT2D eigenvalue weighted by atomic mass is 9.95. The normalized spacial score (nSPS) is 13.2. The van der Waals surface area contributed by atoms with E-state index in [9.17, 15) is 0 Å². The van der Waals surface area contributed by atoms with E-state index in [1.807, 2.05) is 42.6 Å². The predicted octanol–water partition coefficient (Wildman–Crippen LogP) is 3.56. The molecule has 5 nitrogen and oxygen atoms in total. The van der Waals surface area contributed by atoms with E-state index < -0.39 is 0 Å². The van der Waals surface area contributed by atoms with E-state index in [2.05, 4.69) is 14.9 Å². The molecule has 0 bridgehead atoms. The maximum atomic E-state index is 9.06. The van der Waals surface area contributed by atoms with Crippen LogP contribution in [0.5, 0.6) is 0 Å². The monoisotopic (exact) mass is 266 g/mol. The number of nitrogens with zero attached hydrogens (tertiary/aromatic N) is 4. The minimum absolute atomic E-state index is 0.133. The van der Waals surface area contributed by atoms with Gasteiger partial charge in [-0.3, -0.25) is 0 Å². The molecular formula is C15H14N4O. The topological polar surface area (TPSA) is 72.2 Å². The fourth-order valence-corrected chi connectivity index (χ4v) is 2.62. The van der Waals surface area contributed by atoms with Crippen LogP contribution in [0.2, 0.25) is 0 Å². The molecule has 0 amide bonds. The number of rotatable bonds is 3. The van der Waals surface area contributed by atoms with Gasteiger partial charge in [-0.2, -0.15) is 0 Å². The third-order valence-corrected chi connectivity index (χ3v) is 3.53. The Bertz CT molecular complexity index is 732. The molecule has 3 rings (SSSR count). The predicted molar refractivity (Wildman–Crippen MR) is 79.3 cm³/mol. The first-order valence-electron chi connectivity index (χ1n) is 6.46. The van der Waals surface area contributed by atoms with Crippen molar-refractivity contribution < 1.29 is 5.11 Å². The lowest BCUT2D eigenvalue weighted by Crippen LogP contribution is -2.23. The average Bonchev–Trinajstić information content (AvgIpc) is 2.48. The van der Waals surface area contributed by atoms with Crippen molar-refractivity contribution in [2.45, 2.75) is 6.54 Å². The summed E-state index contributed by atoms with van der Waals surface area (Å²) in [5.74, 6) is 0. The summed E-state index contributed by atoms with van der Waals surface area (Å²) in [5, 5.41) is 14.9. The van der Waals surface area contributed by atoms with E-state index in [-0.39, 0.29) is 6.61 Å². The van der Waals surface area contributed by atoms with Crippen LogP contribution >= 0.6 is 0 Å². The first kappa shape index (κ1) is 12.5. The Morgan fingerprint density at radius 3 is 2.85 bits per heavy atom. The standard InChI is InChI=1S/C15H14N4O/c16-18-17-15-9-11-5-6-19(7-8-20)10-14(11)12-3-1-2-4-13(12)15/h1-6,9,20H,7-8,10H2. The van der Waals surface area contributed by atoms with Crippen molar-refractivity contribution >= 4 is 22.5 Å². The maximum Gasteiger partial charge on any atom is 0.0606 e. The molecule has 1 aliphatic rings. The molecule has 0 atom stereocenters. The van der Waals surface area contributed by atoms with Crippen molar-refractivity contribution in [3.63, 3.8) is 0 Å². The summed E-state index contributed by atoms with van der Waals surface area (Å²) in [6.45, 7) is 1.50. The van der Waals surface area contributed by atoms with E-state index in [0.29, 0.717) is 12.2 Å². The molecule has 1 aliphatic heterocycles. The third kappa shape index (κ3) is 2.09. The molecule has 0 aromatic heterocycles. The molecular weight excluding hydrogens is 252 g/mol. The van der Waals surface area contributed by atoms with Crippen molar-refractivity contribution in [3.05, 3.63) is 58.1 Å². The number of benzene rings is 2. The highest BCUT2D eigenvalue weighted by Crippen LogP contribution is 2.35. The van der Waals surface area contributed by atoms with Gasteiger partial charge in [-0.25, -0.2) is 0 Å². The molecule has 20 heavy (non-hydrogen) atoms. The third-order valence-electron chi connectivity index (χ3n) is 3.53. The van der Waals surface area contributed by atoms with Gasteiger partial charge in [-0.1, -0.05) is 29.4 Å². The highest BCUT2D eigenvalue weighted by atomic mass is 16.3. The number of aliphatic hydroxyl groups excluding tert-OH is 1. The summed E-state index contributed by atoms with van der Waals surface area (Å²) in [4.78, 5) is 4.98. The number of fused-ring (bicyclic) bond motifs is 3. The van der Waals surface area contributed by atoms with Crippen LogP contribution in [-0.4, -0.2) is 23.2 Å². The van der Waals surface area contributed by atoms with Crippen molar-refractivity contribution in [1.82, 2.24) is 4.90 Å². The van der Waals surface area contributed by atoms with E-state index in [1.165, 1.54) is 5.56 Å². The van der Waals surface area contributed by atoms with Gasteiger partial charge in [-0.15, -0.1) is 0 Å². The fraction of sp³-hybridized carbons (Fsp3) is 0.200. The van der Waals surface area contributed by atoms with Gasteiger partial charge in [0, 0.05) is 29.9 Å². The molecule has 0 unspecified atom stereocenters. The Balaban J connectivity index is 2.21. The zero-order chi connectivity index (χ0) is 13.9. The zero-order valence-electron chi connectivity index (χ0n) is 10.9. The summed E-state index contributed by atoms with van der Waals surface area (Å²) < 4.78 is 0. The quantitative estimate of drug-likeness (QED) is 0.524. The molecule has 1 heterocycles. The summed E-state index contributed by atoms with van der Waals surface area (Å²) in [6, 6.07) is 9.85. The molecule has 0 spiro atoms. The van der Waals surface area contributed by atoms with Crippen molar-refractivity contribution in [3.8, 4) is 0 Å². The number of azide groups is 1. The number of hydrogen-bond acceptors (Lipinski definition) is 3. The second kappa shape index (κ2) is 5.25. The van der Waals surface area contributed by atoms with Crippen LogP contribution in [0.15, 0.2) is 41.6 Å². The average molecular weight is 266 g/mol. The fourth-order valence-electron chi connectivity index (χ4n) is 2.62. The molecule has 2 aromatic carbocycles. The molecule has 100 valence electrons. The van der Waals surface area contributed by atoms with Gasteiger partial charge in [0.1, 0.15) is 0 Å². The minimum atomic E-state index is 0.133. The molecule has 2 aromatic rings. The van der Waals surface area contributed by atoms with Gasteiger partial charge in [0.25, 0.3) is 0 Å². The van der Waals surface area contributed by atoms with Crippen LogP contribution in [0.1, 0.15) is 11.1 Å². The molecule has 0 radical (unpaired) electrons. The molecule has 1 N–H and O–H groups in total. The van der Waals surface area contributed by atoms with E-state index >= 15 is 0 Å². The first-order valence-corrected chi connectivity index (χ1v) is 6.46. The first-order chi connectivity index (χ1) is 9.83. The highest BCUT2D eigenvalue weighted by Gasteiger charge is 2.15. The van der Waals surface area contributed by atoms with Crippen LogP contribution in [0.25, 0.3) is 27.3 Å². The second-order valence-electron chi connectivity index (χ2n) is 4.71. The SMILES string of the molecule is [N-]=[N+]=Nc1cc2c(c3ccccc13)CN(CCO)C=C2. The van der Waals surface area contributed by atoms with Gasteiger partial charge in [-0.05, 0) is 39.6 Å². The number of β-amino-alcohol motifs (C(OH)–C–C–N with tert-alkyl or cyclic N) is 1. The van der Waals surface area contributed by atoms with Crippen molar-refractivity contribution in [1.29, 1.82) is 0 Å². The molecule has 5 heteroatoms. The van der Waals surface area contributed by atoms with Gasteiger partial charge in [0.2, 0.25) is 0 Å². The van der Waals surface area contributed by atoms with E-state index in [0.717, 1.165) is 22.9 Å². The van der Waals surface area contributed by atoms with Gasteiger partial charge in [0.15, 0.2) is 0 Å². The molecule has 0 fully saturated rings. The zero-order valence-corrected chi connectivity index (χ0v) is 10.9. The summed E-state index contributed by atoms with van der Waals surface area (Å²) in [5.41, 5.74) is 11.6. The Hall–Kier alpha value is -2.49. The Kier molecular flexibility index (Phi) is 3.29. The Morgan fingerprint density at radius 2 is 2.10 bits per heavy atom. The van der Waals surface area contributed by atoms with E-state index in [1.54, 1.807) is 0 Å². The molecule has 0 aliphatic carbocycles. The van der Waals surface area contributed by atoms with Crippen LogP contribution in [0.4, 0.5) is 5.69 Å². The Labute approximate surface area is 116 Å². The lowest BCUT2D eigenvalue weighted by molar-refractivity contribution is 0.233. The van der Waals surface area contributed by atoms with Crippen LogP contribution < -0.4 is 0 Å².